The zero-order valence-corrected chi connectivity index (χ0v) is 20.1. The smallest absolute Gasteiger partial charge is 0.261 e. The highest BCUT2D eigenvalue weighted by molar-refractivity contribution is 5.81. The first-order valence-corrected chi connectivity index (χ1v) is 11.2. The molecule has 2 aromatic carbocycles. The van der Waals surface area contributed by atoms with Crippen molar-refractivity contribution in [3.63, 3.8) is 0 Å². The van der Waals surface area contributed by atoms with E-state index in [1.807, 2.05) is 25.1 Å². The molecule has 0 aliphatic carbocycles. The Morgan fingerprint density at radius 1 is 1.00 bits per heavy atom. The van der Waals surface area contributed by atoms with Crippen LogP contribution < -0.4 is 29.8 Å². The number of carbonyl (C=O) groups excluding carboxylic acids is 1. The highest BCUT2D eigenvalue weighted by Gasteiger charge is 2.12. The zero-order chi connectivity index (χ0) is 24.5. The standard InChI is InChI=1S/C25H31N3O6/c1-5-11-34-20-9-8-17(12-21(20)31-2)15-26-24(29)7-6-10-28-16-27-19-14-23(33-4)22(32-3)13-18(19)25(28)30/h8-9,12-14,16H,5-7,10-11,15H2,1-4H3,(H,26,29). The summed E-state index contributed by atoms with van der Waals surface area (Å²) < 4.78 is 23.1. The Balaban J connectivity index is 1.56. The minimum Gasteiger partial charge on any atom is -0.493 e. The van der Waals surface area contributed by atoms with Crippen LogP contribution in [0.15, 0.2) is 41.5 Å². The van der Waals surface area contributed by atoms with Crippen molar-refractivity contribution < 1.29 is 23.7 Å². The Morgan fingerprint density at radius 3 is 2.41 bits per heavy atom. The number of aryl methyl sites for hydroxylation is 1. The van der Waals surface area contributed by atoms with Gasteiger partial charge in [0.05, 0.1) is 45.2 Å². The first kappa shape index (κ1) is 24.9. The van der Waals surface area contributed by atoms with Crippen LogP contribution >= 0.6 is 0 Å². The number of fused-ring (bicyclic) bond motifs is 1. The number of methoxy groups -OCH3 is 3. The number of amides is 1. The number of hydrogen-bond acceptors (Lipinski definition) is 7. The van der Waals surface area contributed by atoms with E-state index >= 15 is 0 Å². The summed E-state index contributed by atoms with van der Waals surface area (Å²) in [6, 6.07) is 8.90. The summed E-state index contributed by atoms with van der Waals surface area (Å²) in [7, 11) is 4.64. The minimum atomic E-state index is -0.191. The van der Waals surface area contributed by atoms with E-state index in [1.54, 1.807) is 19.2 Å². The monoisotopic (exact) mass is 469 g/mol. The zero-order valence-electron chi connectivity index (χ0n) is 20.1. The second-order valence-corrected chi connectivity index (χ2v) is 7.68. The van der Waals surface area contributed by atoms with Crippen LogP contribution in [0.5, 0.6) is 23.0 Å². The number of ether oxygens (including phenoxy) is 4. The lowest BCUT2D eigenvalue weighted by molar-refractivity contribution is -0.121. The summed E-state index contributed by atoms with van der Waals surface area (Å²) in [5.41, 5.74) is 1.25. The molecule has 0 atom stereocenters. The molecule has 0 aliphatic heterocycles. The lowest BCUT2D eigenvalue weighted by Crippen LogP contribution is -2.24. The molecular formula is C25H31N3O6. The Morgan fingerprint density at radius 2 is 1.71 bits per heavy atom. The minimum absolute atomic E-state index is 0.0986. The number of nitrogens with zero attached hydrogens (tertiary/aromatic N) is 2. The first-order chi connectivity index (χ1) is 16.5. The van der Waals surface area contributed by atoms with E-state index in [4.69, 9.17) is 18.9 Å². The van der Waals surface area contributed by atoms with Crippen LogP contribution in [-0.4, -0.2) is 43.4 Å². The van der Waals surface area contributed by atoms with E-state index in [0.717, 1.165) is 12.0 Å². The van der Waals surface area contributed by atoms with Gasteiger partial charge in [0.25, 0.3) is 5.56 Å². The van der Waals surface area contributed by atoms with Gasteiger partial charge in [-0.1, -0.05) is 13.0 Å². The third-order valence-electron chi connectivity index (χ3n) is 5.31. The summed E-state index contributed by atoms with van der Waals surface area (Å²) in [4.78, 5) is 29.5. The van der Waals surface area contributed by atoms with E-state index in [9.17, 15) is 9.59 Å². The molecule has 0 fully saturated rings. The molecule has 1 amide bonds. The van der Waals surface area contributed by atoms with Crippen LogP contribution in [0.1, 0.15) is 31.7 Å². The molecule has 0 saturated heterocycles. The molecule has 0 aliphatic rings. The number of hydrogen-bond donors (Lipinski definition) is 1. The number of aromatic nitrogens is 2. The average molecular weight is 470 g/mol. The summed E-state index contributed by atoms with van der Waals surface area (Å²) in [6.07, 6.45) is 3.18. The van der Waals surface area contributed by atoms with Crippen LogP contribution in [-0.2, 0) is 17.9 Å². The van der Waals surface area contributed by atoms with Crippen LogP contribution in [0.25, 0.3) is 10.9 Å². The van der Waals surface area contributed by atoms with Gasteiger partial charge in [0.1, 0.15) is 0 Å². The van der Waals surface area contributed by atoms with Crippen molar-refractivity contribution in [2.45, 2.75) is 39.3 Å². The number of carbonyl (C=O) groups is 1. The van der Waals surface area contributed by atoms with Crippen LogP contribution in [0.3, 0.4) is 0 Å². The van der Waals surface area contributed by atoms with Gasteiger partial charge in [0, 0.05) is 25.6 Å². The lowest BCUT2D eigenvalue weighted by Gasteiger charge is -2.12. The predicted molar refractivity (Wildman–Crippen MR) is 129 cm³/mol. The van der Waals surface area contributed by atoms with Crippen molar-refractivity contribution >= 4 is 16.8 Å². The fourth-order valence-electron chi connectivity index (χ4n) is 3.50. The van der Waals surface area contributed by atoms with E-state index in [-0.39, 0.29) is 17.9 Å². The van der Waals surface area contributed by atoms with Gasteiger partial charge in [-0.05, 0) is 36.6 Å². The second kappa shape index (κ2) is 11.9. The molecule has 182 valence electrons. The van der Waals surface area contributed by atoms with E-state index < -0.39 is 0 Å². The second-order valence-electron chi connectivity index (χ2n) is 7.68. The Labute approximate surface area is 198 Å². The topological polar surface area (TPSA) is 101 Å². The van der Waals surface area contributed by atoms with Gasteiger partial charge in [-0.3, -0.25) is 14.2 Å². The maximum absolute atomic E-state index is 12.8. The quantitative estimate of drug-likeness (QED) is 0.434. The molecule has 0 unspecified atom stereocenters. The number of rotatable bonds is 12. The number of nitrogens with one attached hydrogen (secondary N) is 1. The molecule has 3 aromatic rings. The highest BCUT2D eigenvalue weighted by atomic mass is 16.5. The van der Waals surface area contributed by atoms with Gasteiger partial charge in [0.2, 0.25) is 5.91 Å². The van der Waals surface area contributed by atoms with Crippen LogP contribution in [0.2, 0.25) is 0 Å². The lowest BCUT2D eigenvalue weighted by atomic mass is 10.2. The summed E-state index contributed by atoms with van der Waals surface area (Å²) in [5, 5.41) is 3.34. The van der Waals surface area contributed by atoms with Gasteiger partial charge in [0.15, 0.2) is 23.0 Å². The SMILES string of the molecule is CCCOc1ccc(CNC(=O)CCCn2cnc3cc(OC)c(OC)cc3c2=O)cc1OC. The summed E-state index contributed by atoms with van der Waals surface area (Å²) in [6.45, 7) is 3.41. The van der Waals surface area contributed by atoms with Crippen molar-refractivity contribution in [1.82, 2.24) is 14.9 Å². The molecule has 3 rings (SSSR count). The molecule has 9 nitrogen and oxygen atoms in total. The first-order valence-electron chi connectivity index (χ1n) is 11.2. The maximum Gasteiger partial charge on any atom is 0.261 e. The van der Waals surface area contributed by atoms with Gasteiger partial charge in [-0.15, -0.1) is 0 Å². The Hall–Kier alpha value is -3.75. The van der Waals surface area contributed by atoms with E-state index in [0.29, 0.717) is 60.0 Å². The van der Waals surface area contributed by atoms with E-state index in [1.165, 1.54) is 25.1 Å². The molecule has 1 heterocycles. The van der Waals surface area contributed by atoms with Gasteiger partial charge < -0.3 is 24.3 Å². The third-order valence-corrected chi connectivity index (χ3v) is 5.31. The molecule has 1 aromatic heterocycles. The molecule has 34 heavy (non-hydrogen) atoms. The molecule has 0 saturated carbocycles. The molecule has 0 spiro atoms. The molecule has 0 bridgehead atoms. The van der Waals surface area contributed by atoms with E-state index in [2.05, 4.69) is 10.3 Å². The van der Waals surface area contributed by atoms with Gasteiger partial charge in [-0.25, -0.2) is 4.98 Å². The largest absolute Gasteiger partial charge is 0.493 e. The molecule has 0 radical (unpaired) electrons. The molecule has 1 N–H and O–H groups in total. The fourth-order valence-corrected chi connectivity index (χ4v) is 3.50. The van der Waals surface area contributed by atoms with Crippen molar-refractivity contribution in [3.8, 4) is 23.0 Å². The summed E-state index contributed by atoms with van der Waals surface area (Å²) in [5.74, 6) is 2.20. The molecule has 9 heteroatoms. The highest BCUT2D eigenvalue weighted by Crippen LogP contribution is 2.30. The van der Waals surface area contributed by atoms with Crippen molar-refractivity contribution in [2.75, 3.05) is 27.9 Å². The fraction of sp³-hybridized carbons (Fsp3) is 0.400. The van der Waals surface area contributed by atoms with Gasteiger partial charge in [-0.2, -0.15) is 0 Å². The van der Waals surface area contributed by atoms with Crippen molar-refractivity contribution in [3.05, 3.63) is 52.6 Å². The van der Waals surface area contributed by atoms with Crippen molar-refractivity contribution in [1.29, 1.82) is 0 Å². The predicted octanol–water partition coefficient (Wildman–Crippen LogP) is 3.31. The normalized spacial score (nSPS) is 10.7. The number of benzene rings is 2. The summed E-state index contributed by atoms with van der Waals surface area (Å²) >= 11 is 0. The third kappa shape index (κ3) is 5.98. The van der Waals surface area contributed by atoms with Crippen LogP contribution in [0.4, 0.5) is 0 Å². The van der Waals surface area contributed by atoms with Crippen molar-refractivity contribution in [2.24, 2.45) is 0 Å². The Bertz CT molecular complexity index is 1190. The maximum atomic E-state index is 12.8. The Kier molecular flexibility index (Phi) is 8.73. The van der Waals surface area contributed by atoms with Gasteiger partial charge >= 0.3 is 0 Å². The average Bonchev–Trinajstić information content (AvgIpc) is 2.87. The molecular weight excluding hydrogens is 438 g/mol. The van der Waals surface area contributed by atoms with Crippen LogP contribution in [0, 0.1) is 0 Å².